The van der Waals surface area contributed by atoms with Gasteiger partial charge in [-0.3, -0.25) is 14.4 Å². The molecule has 2 atom stereocenters. The number of hydrogen-bond acceptors (Lipinski definition) is 3. The zero-order chi connectivity index (χ0) is 14.9. The summed E-state index contributed by atoms with van der Waals surface area (Å²) in [6, 6.07) is -0.0515. The van der Waals surface area contributed by atoms with Gasteiger partial charge in [-0.25, -0.2) is 0 Å². The maximum absolute atomic E-state index is 12.4. The van der Waals surface area contributed by atoms with E-state index < -0.39 is 11.4 Å². The minimum absolute atomic E-state index is 0.0299. The first-order valence-electron chi connectivity index (χ1n) is 7.09. The lowest BCUT2D eigenvalue weighted by Gasteiger charge is -2.37. The summed E-state index contributed by atoms with van der Waals surface area (Å²) >= 11 is 0. The number of carboxylic acid groups (broad SMARTS) is 1. The van der Waals surface area contributed by atoms with Crippen molar-refractivity contribution in [2.45, 2.75) is 45.6 Å². The number of aliphatic carboxylic acids is 1. The summed E-state index contributed by atoms with van der Waals surface area (Å²) in [4.78, 5) is 36.7. The highest BCUT2D eigenvalue weighted by atomic mass is 16.4. The van der Waals surface area contributed by atoms with Crippen LogP contribution in [0, 0.1) is 11.3 Å². The van der Waals surface area contributed by atoms with Crippen LogP contribution in [0.3, 0.4) is 0 Å². The molecule has 0 radical (unpaired) electrons. The highest BCUT2D eigenvalue weighted by Gasteiger charge is 2.43. The fourth-order valence-corrected chi connectivity index (χ4v) is 3.24. The average molecular weight is 282 g/mol. The second kappa shape index (κ2) is 5.42. The van der Waals surface area contributed by atoms with Crippen molar-refractivity contribution in [3.05, 3.63) is 0 Å². The molecule has 2 N–H and O–H groups in total. The van der Waals surface area contributed by atoms with Gasteiger partial charge in [0.1, 0.15) is 0 Å². The van der Waals surface area contributed by atoms with Gasteiger partial charge in [-0.15, -0.1) is 0 Å². The van der Waals surface area contributed by atoms with Crippen LogP contribution in [0.2, 0.25) is 0 Å². The molecular formula is C14H22N2O4. The predicted molar refractivity (Wildman–Crippen MR) is 71.9 cm³/mol. The molecule has 2 saturated heterocycles. The third-order valence-electron chi connectivity index (χ3n) is 4.18. The molecule has 2 fully saturated rings. The molecule has 2 aliphatic heterocycles. The van der Waals surface area contributed by atoms with Crippen LogP contribution in [0.1, 0.15) is 39.5 Å². The van der Waals surface area contributed by atoms with Crippen LogP contribution in [0.25, 0.3) is 0 Å². The molecule has 0 aliphatic carbocycles. The highest BCUT2D eigenvalue weighted by Crippen LogP contribution is 2.31. The van der Waals surface area contributed by atoms with Gasteiger partial charge in [0.2, 0.25) is 11.8 Å². The van der Waals surface area contributed by atoms with E-state index >= 15 is 0 Å². The molecule has 0 spiro atoms. The third-order valence-corrected chi connectivity index (χ3v) is 4.18. The molecular weight excluding hydrogens is 260 g/mol. The van der Waals surface area contributed by atoms with Crippen molar-refractivity contribution >= 4 is 17.8 Å². The summed E-state index contributed by atoms with van der Waals surface area (Å²) in [7, 11) is 0. The molecule has 0 aromatic heterocycles. The van der Waals surface area contributed by atoms with Crippen LogP contribution in [-0.4, -0.2) is 46.9 Å². The molecule has 0 aromatic carbocycles. The number of nitrogens with one attached hydrogen (secondary N) is 1. The number of nitrogens with zero attached hydrogens (tertiary/aromatic N) is 1. The van der Waals surface area contributed by atoms with E-state index in [2.05, 4.69) is 5.32 Å². The molecule has 0 aromatic rings. The molecule has 2 heterocycles. The maximum Gasteiger partial charge on any atom is 0.303 e. The SMILES string of the molecule is CC(C)(CC(=O)O)CC(=O)N1CCCC2C(=O)NCC21. The zero-order valence-electron chi connectivity index (χ0n) is 12.0. The number of piperidine rings is 1. The van der Waals surface area contributed by atoms with E-state index in [-0.39, 0.29) is 36.6 Å². The quantitative estimate of drug-likeness (QED) is 0.791. The molecule has 20 heavy (non-hydrogen) atoms. The standard InChI is InChI=1S/C14H22N2O4/c1-14(2,7-12(18)19)6-11(17)16-5-3-4-9-10(16)8-15-13(9)20/h9-10H,3-8H2,1-2H3,(H,15,20)(H,18,19). The number of rotatable bonds is 4. The van der Waals surface area contributed by atoms with Crippen LogP contribution < -0.4 is 5.32 Å². The molecule has 6 heteroatoms. The van der Waals surface area contributed by atoms with E-state index in [4.69, 9.17) is 5.11 Å². The minimum Gasteiger partial charge on any atom is -0.481 e. The number of fused-ring (bicyclic) bond motifs is 1. The molecule has 2 rings (SSSR count). The largest absolute Gasteiger partial charge is 0.481 e. The van der Waals surface area contributed by atoms with Crippen LogP contribution in [0.4, 0.5) is 0 Å². The molecule has 2 unspecified atom stereocenters. The van der Waals surface area contributed by atoms with Crippen molar-refractivity contribution in [1.29, 1.82) is 0 Å². The molecule has 2 aliphatic rings. The lowest BCUT2D eigenvalue weighted by Crippen LogP contribution is -2.49. The first-order valence-corrected chi connectivity index (χ1v) is 7.09. The Morgan fingerprint density at radius 2 is 2.10 bits per heavy atom. The fraction of sp³-hybridized carbons (Fsp3) is 0.786. The van der Waals surface area contributed by atoms with E-state index in [1.54, 1.807) is 18.7 Å². The van der Waals surface area contributed by atoms with Gasteiger partial charge in [0, 0.05) is 19.5 Å². The smallest absolute Gasteiger partial charge is 0.303 e. The Labute approximate surface area is 118 Å². The summed E-state index contributed by atoms with van der Waals surface area (Å²) in [6.07, 6.45) is 1.84. The summed E-state index contributed by atoms with van der Waals surface area (Å²) in [5.41, 5.74) is -0.564. The van der Waals surface area contributed by atoms with Gasteiger partial charge in [-0.05, 0) is 18.3 Å². The van der Waals surface area contributed by atoms with Gasteiger partial charge in [0.25, 0.3) is 0 Å². The van der Waals surface area contributed by atoms with Gasteiger partial charge >= 0.3 is 5.97 Å². The lowest BCUT2D eigenvalue weighted by atomic mass is 9.84. The second-order valence-corrected chi connectivity index (χ2v) is 6.56. The van der Waals surface area contributed by atoms with Crippen molar-refractivity contribution < 1.29 is 19.5 Å². The number of carboxylic acids is 1. The Morgan fingerprint density at radius 1 is 1.40 bits per heavy atom. The maximum atomic E-state index is 12.4. The van der Waals surface area contributed by atoms with Crippen molar-refractivity contribution in [2.75, 3.05) is 13.1 Å². The second-order valence-electron chi connectivity index (χ2n) is 6.56. The molecule has 2 amide bonds. The lowest BCUT2D eigenvalue weighted by molar-refractivity contribution is -0.142. The van der Waals surface area contributed by atoms with Gasteiger partial charge < -0.3 is 15.3 Å². The van der Waals surface area contributed by atoms with Crippen molar-refractivity contribution in [1.82, 2.24) is 10.2 Å². The molecule has 0 saturated carbocycles. The van der Waals surface area contributed by atoms with Gasteiger partial charge in [0.05, 0.1) is 18.4 Å². The van der Waals surface area contributed by atoms with Crippen LogP contribution in [0.15, 0.2) is 0 Å². The summed E-state index contributed by atoms with van der Waals surface area (Å²) in [5, 5.41) is 11.7. The molecule has 112 valence electrons. The van der Waals surface area contributed by atoms with E-state index in [0.717, 1.165) is 12.8 Å². The van der Waals surface area contributed by atoms with E-state index in [9.17, 15) is 14.4 Å². The highest BCUT2D eigenvalue weighted by molar-refractivity contribution is 5.85. The Bertz CT molecular complexity index is 433. The monoisotopic (exact) mass is 282 g/mol. The number of likely N-dealkylation sites (tertiary alicyclic amines) is 1. The molecule has 6 nitrogen and oxygen atoms in total. The van der Waals surface area contributed by atoms with Crippen LogP contribution in [-0.2, 0) is 14.4 Å². The average Bonchev–Trinajstić information content (AvgIpc) is 2.69. The van der Waals surface area contributed by atoms with Gasteiger partial charge in [-0.1, -0.05) is 13.8 Å². The fourth-order valence-electron chi connectivity index (χ4n) is 3.24. The number of carbonyl (C=O) groups excluding carboxylic acids is 2. The Balaban J connectivity index is 2.01. The number of amides is 2. The summed E-state index contributed by atoms with van der Waals surface area (Å²) in [5.74, 6) is -0.980. The van der Waals surface area contributed by atoms with E-state index in [1.165, 1.54) is 0 Å². The van der Waals surface area contributed by atoms with Crippen LogP contribution >= 0.6 is 0 Å². The van der Waals surface area contributed by atoms with Gasteiger partial charge in [-0.2, -0.15) is 0 Å². The van der Waals surface area contributed by atoms with E-state index in [0.29, 0.717) is 13.1 Å². The third kappa shape index (κ3) is 3.11. The van der Waals surface area contributed by atoms with Crippen molar-refractivity contribution in [2.24, 2.45) is 11.3 Å². The first kappa shape index (κ1) is 14.8. The number of carbonyl (C=O) groups is 3. The van der Waals surface area contributed by atoms with Crippen LogP contribution in [0.5, 0.6) is 0 Å². The first-order chi connectivity index (χ1) is 9.30. The summed E-state index contributed by atoms with van der Waals surface area (Å²) < 4.78 is 0. The van der Waals surface area contributed by atoms with Crippen molar-refractivity contribution in [3.63, 3.8) is 0 Å². The molecule has 0 bridgehead atoms. The number of hydrogen-bond donors (Lipinski definition) is 2. The Kier molecular flexibility index (Phi) is 4.01. The zero-order valence-corrected chi connectivity index (χ0v) is 12.0. The Morgan fingerprint density at radius 3 is 2.75 bits per heavy atom. The topological polar surface area (TPSA) is 86.7 Å². The Hall–Kier alpha value is -1.59. The summed E-state index contributed by atoms with van der Waals surface area (Å²) in [6.45, 7) is 4.77. The van der Waals surface area contributed by atoms with Crippen molar-refractivity contribution in [3.8, 4) is 0 Å². The predicted octanol–water partition coefficient (Wildman–Crippen LogP) is 0.614. The van der Waals surface area contributed by atoms with E-state index in [1.807, 2.05) is 0 Å². The van der Waals surface area contributed by atoms with Gasteiger partial charge in [0.15, 0.2) is 0 Å². The minimum atomic E-state index is -0.892. The normalized spacial score (nSPS) is 26.1.